The number of fused-ring (bicyclic) bond motifs is 18. The average Bonchev–Trinajstić information content (AvgIpc) is 1.63. The van der Waals surface area contributed by atoms with Gasteiger partial charge in [-0.3, -0.25) is 0 Å². The molecule has 0 saturated carbocycles. The van der Waals surface area contributed by atoms with Crippen LogP contribution in [0.2, 0.25) is 0 Å². The predicted octanol–water partition coefficient (Wildman–Crippen LogP) is 25.3. The summed E-state index contributed by atoms with van der Waals surface area (Å²) in [4.78, 5) is 0. The standard InChI is InChI=1S/C44H27NOS.C42H25NOS/c1-3-11-29(12-4-1)34-17-9-18-36-41-33(16-10-20-40(41)47-44(34)36)30-23-21-28(22-24-30)31-25-26-39-37(27-31)42-43(46-39)35-15-7-8-19-38(35)45(42)32-13-5-2-6-14-32;1-2-10-30(11-3-1)43-36-15-7-6-13-33(36)41-40(43)35-25-29(22-24-37(35)44-41)26-17-19-28(20-18-26)31-14-8-16-38-39(31)34-23-21-27-9-4-5-12-32(27)42(34)45-38/h1-27H;1-25H. The van der Waals surface area contributed by atoms with E-state index in [2.05, 4.69) is 325 Å². The quantitative estimate of drug-likeness (QED) is 0.159. The second-order valence-electron chi connectivity index (χ2n) is 23.8. The van der Waals surface area contributed by atoms with Crippen LogP contribution in [0, 0.1) is 0 Å². The van der Waals surface area contributed by atoms with Crippen LogP contribution < -0.4 is 0 Å². The van der Waals surface area contributed by atoms with Crippen molar-refractivity contribution in [2.24, 2.45) is 0 Å². The summed E-state index contributed by atoms with van der Waals surface area (Å²) in [6, 6.07) is 113. The lowest BCUT2D eigenvalue weighted by Gasteiger charge is -2.09. The molecule has 0 radical (unpaired) electrons. The van der Waals surface area contributed by atoms with Crippen LogP contribution in [-0.4, -0.2) is 9.13 Å². The van der Waals surface area contributed by atoms with Crippen molar-refractivity contribution in [1.82, 2.24) is 9.13 Å². The molecule has 0 aliphatic carbocycles. The second-order valence-corrected chi connectivity index (χ2v) is 25.9. The molecule has 0 aliphatic rings. The summed E-state index contributed by atoms with van der Waals surface area (Å²) in [5, 5.41) is 12.4. The third-order valence-electron chi connectivity index (χ3n) is 18.6. The Morgan fingerprint density at radius 3 is 1.20 bits per heavy atom. The zero-order valence-corrected chi connectivity index (χ0v) is 51.2. The van der Waals surface area contributed by atoms with E-state index in [0.717, 1.165) is 77.3 Å². The van der Waals surface area contributed by atoms with Crippen LogP contribution >= 0.6 is 22.7 Å². The monoisotopic (exact) mass is 1210 g/mol. The van der Waals surface area contributed by atoms with Gasteiger partial charge in [-0.1, -0.05) is 231 Å². The van der Waals surface area contributed by atoms with Gasteiger partial charge in [-0.25, -0.2) is 0 Å². The molecule has 0 aliphatic heterocycles. The first-order valence-corrected chi connectivity index (χ1v) is 32.8. The van der Waals surface area contributed by atoms with Gasteiger partial charge in [-0.2, -0.15) is 0 Å². The van der Waals surface area contributed by atoms with Crippen molar-refractivity contribution in [3.63, 3.8) is 0 Å². The van der Waals surface area contributed by atoms with E-state index in [-0.39, 0.29) is 0 Å². The van der Waals surface area contributed by atoms with Crippen LogP contribution in [0.1, 0.15) is 0 Å². The largest absolute Gasteiger partial charge is 0.454 e. The first-order chi connectivity index (χ1) is 45.6. The SMILES string of the molecule is c1ccc(-c2cccc3c2sc2cccc(-c4ccc(-c5ccc6oc7c8ccccc8n(-c8ccccc8)c7c6c5)cc4)c23)cc1.c1ccc(-n2c3ccccc3c3oc4ccc(-c5ccc(-c6cccc7sc8c9ccccc9ccc8c67)cc5)cc4c32)cc1. The number of rotatable bonds is 7. The van der Waals surface area contributed by atoms with E-state index in [9.17, 15) is 0 Å². The molecule has 430 valence electrons. The molecular weight excluding hydrogens is 1160 g/mol. The molecule has 0 atom stereocenters. The Hall–Kier alpha value is -11.5. The molecule has 0 bridgehead atoms. The molecule has 0 amide bonds. The molecule has 6 heteroatoms. The summed E-state index contributed by atoms with van der Waals surface area (Å²) in [6.07, 6.45) is 0. The second kappa shape index (κ2) is 21.0. The van der Waals surface area contributed by atoms with E-state index in [0.29, 0.717) is 0 Å². The molecule has 20 aromatic rings. The zero-order valence-electron chi connectivity index (χ0n) is 49.5. The Kier molecular flexibility index (Phi) is 12.0. The highest BCUT2D eigenvalue weighted by Crippen LogP contribution is 2.47. The average molecular weight is 1210 g/mol. The van der Waals surface area contributed by atoms with Gasteiger partial charge in [-0.05, 0) is 151 Å². The topological polar surface area (TPSA) is 36.1 Å². The van der Waals surface area contributed by atoms with Crippen molar-refractivity contribution >= 4 is 140 Å². The van der Waals surface area contributed by atoms with E-state index in [1.54, 1.807) is 0 Å². The number of hydrogen-bond donors (Lipinski definition) is 0. The Bertz CT molecular complexity index is 6280. The molecule has 20 rings (SSSR count). The highest BCUT2D eigenvalue weighted by molar-refractivity contribution is 7.27. The molecule has 0 saturated heterocycles. The minimum absolute atomic E-state index is 0.900. The van der Waals surface area contributed by atoms with Gasteiger partial charge in [0.1, 0.15) is 22.2 Å². The van der Waals surface area contributed by atoms with Gasteiger partial charge < -0.3 is 18.0 Å². The summed E-state index contributed by atoms with van der Waals surface area (Å²) in [7, 11) is 0. The molecule has 14 aromatic carbocycles. The van der Waals surface area contributed by atoms with Crippen LogP contribution in [0.15, 0.2) is 324 Å². The van der Waals surface area contributed by atoms with E-state index in [1.165, 1.54) is 107 Å². The predicted molar refractivity (Wildman–Crippen MR) is 392 cm³/mol. The van der Waals surface area contributed by atoms with Gasteiger partial charge >= 0.3 is 0 Å². The molecule has 0 spiro atoms. The summed E-state index contributed by atoms with van der Waals surface area (Å²) in [6.45, 7) is 0. The summed E-state index contributed by atoms with van der Waals surface area (Å²) in [5.74, 6) is 0. The van der Waals surface area contributed by atoms with Gasteiger partial charge in [0.25, 0.3) is 0 Å². The Balaban J connectivity index is 0.000000132. The van der Waals surface area contributed by atoms with Crippen LogP contribution in [0.3, 0.4) is 0 Å². The number of hydrogen-bond acceptors (Lipinski definition) is 4. The van der Waals surface area contributed by atoms with E-state index < -0.39 is 0 Å². The molecule has 0 N–H and O–H groups in total. The van der Waals surface area contributed by atoms with Crippen LogP contribution in [0.4, 0.5) is 0 Å². The van der Waals surface area contributed by atoms with Crippen molar-refractivity contribution in [3.05, 3.63) is 315 Å². The lowest BCUT2D eigenvalue weighted by Crippen LogP contribution is -1.92. The number of thiophene rings is 2. The van der Waals surface area contributed by atoms with Gasteiger partial charge in [0.15, 0.2) is 11.2 Å². The molecule has 0 fully saturated rings. The minimum Gasteiger partial charge on any atom is -0.454 e. The number of nitrogens with zero attached hydrogens (tertiary/aromatic N) is 2. The van der Waals surface area contributed by atoms with Crippen LogP contribution in [0.5, 0.6) is 0 Å². The summed E-state index contributed by atoms with van der Waals surface area (Å²) < 4.78 is 23.0. The van der Waals surface area contributed by atoms with E-state index in [1.807, 2.05) is 22.7 Å². The molecule has 6 heterocycles. The number of aromatic nitrogens is 2. The Morgan fingerprint density at radius 1 is 0.250 bits per heavy atom. The number of furan rings is 2. The van der Waals surface area contributed by atoms with Crippen molar-refractivity contribution < 1.29 is 8.83 Å². The van der Waals surface area contributed by atoms with Gasteiger partial charge in [-0.15, -0.1) is 22.7 Å². The first kappa shape index (κ1) is 52.4. The summed E-state index contributed by atoms with van der Waals surface area (Å²) in [5.41, 5.74) is 22.7. The molecular formula is C86H52N2O2S2. The number of benzene rings is 14. The third kappa shape index (κ3) is 8.28. The number of para-hydroxylation sites is 4. The van der Waals surface area contributed by atoms with Crippen LogP contribution in [-0.2, 0) is 0 Å². The Morgan fingerprint density at radius 2 is 0.652 bits per heavy atom. The maximum absolute atomic E-state index is 6.52. The molecule has 6 aromatic heterocycles. The van der Waals surface area contributed by atoms with E-state index >= 15 is 0 Å². The smallest absolute Gasteiger partial charge is 0.161 e. The third-order valence-corrected chi connectivity index (χ3v) is 21.0. The fourth-order valence-electron chi connectivity index (χ4n) is 14.4. The normalized spacial score (nSPS) is 11.9. The van der Waals surface area contributed by atoms with Gasteiger partial charge in [0, 0.05) is 73.3 Å². The molecule has 0 unspecified atom stereocenters. The minimum atomic E-state index is 0.900. The lowest BCUT2D eigenvalue weighted by atomic mass is 9.95. The van der Waals surface area contributed by atoms with Gasteiger partial charge in [0.05, 0.1) is 11.0 Å². The van der Waals surface area contributed by atoms with Gasteiger partial charge in [0.2, 0.25) is 0 Å². The van der Waals surface area contributed by atoms with Crippen molar-refractivity contribution in [1.29, 1.82) is 0 Å². The van der Waals surface area contributed by atoms with Crippen molar-refractivity contribution in [2.75, 3.05) is 0 Å². The zero-order chi connectivity index (χ0) is 60.4. The fraction of sp³-hybridized carbons (Fsp3) is 0. The summed E-state index contributed by atoms with van der Waals surface area (Å²) >= 11 is 3.78. The van der Waals surface area contributed by atoms with Crippen molar-refractivity contribution in [2.45, 2.75) is 0 Å². The van der Waals surface area contributed by atoms with Crippen LogP contribution in [0.25, 0.3) is 184 Å². The molecule has 92 heavy (non-hydrogen) atoms. The fourth-order valence-corrected chi connectivity index (χ4v) is 16.9. The van der Waals surface area contributed by atoms with E-state index in [4.69, 9.17) is 8.83 Å². The van der Waals surface area contributed by atoms with Crippen molar-refractivity contribution in [3.8, 4) is 67.0 Å². The molecule has 4 nitrogen and oxygen atoms in total. The highest BCUT2D eigenvalue weighted by atomic mass is 32.1. The maximum atomic E-state index is 6.52. The lowest BCUT2D eigenvalue weighted by molar-refractivity contribution is 0.672. The highest BCUT2D eigenvalue weighted by Gasteiger charge is 2.23. The first-order valence-electron chi connectivity index (χ1n) is 31.2. The Labute approximate surface area is 536 Å². The maximum Gasteiger partial charge on any atom is 0.161 e.